The van der Waals surface area contributed by atoms with Crippen LogP contribution in [0.1, 0.15) is 64.5 Å². The minimum absolute atomic E-state index is 0.00871. The zero-order valence-electron chi connectivity index (χ0n) is 19.1. The zero-order valence-corrected chi connectivity index (χ0v) is 19.1. The molecule has 0 saturated carbocycles. The number of nitrogens with two attached hydrogens (primary N) is 1. The number of benzene rings is 1. The van der Waals surface area contributed by atoms with Gasteiger partial charge in [0.1, 0.15) is 5.60 Å². The Balaban J connectivity index is 1.83. The van der Waals surface area contributed by atoms with E-state index in [1.807, 2.05) is 31.7 Å². The van der Waals surface area contributed by atoms with Crippen LogP contribution in [0.2, 0.25) is 0 Å². The van der Waals surface area contributed by atoms with E-state index in [-0.39, 0.29) is 18.3 Å². The lowest BCUT2D eigenvalue weighted by molar-refractivity contribution is -0.0532. The first-order valence-electron chi connectivity index (χ1n) is 11.6. The van der Waals surface area contributed by atoms with E-state index < -0.39 is 5.60 Å². The number of piperazine rings is 1. The fraction of sp³-hybridized carbons (Fsp3) is 0.708. The van der Waals surface area contributed by atoms with Gasteiger partial charge in [-0.2, -0.15) is 0 Å². The monoisotopic (exact) mass is 416 g/mol. The molecule has 2 saturated heterocycles. The number of rotatable bonds is 7. The maximum Gasteiger partial charge on any atom is 0.410 e. The highest BCUT2D eigenvalue weighted by Crippen LogP contribution is 2.32. The van der Waals surface area contributed by atoms with Crippen LogP contribution in [0.25, 0.3) is 0 Å². The molecule has 1 aromatic rings. The Morgan fingerprint density at radius 2 is 1.77 bits per heavy atom. The molecule has 2 aliphatic heterocycles. The third-order valence-corrected chi connectivity index (χ3v) is 6.09. The van der Waals surface area contributed by atoms with Crippen LogP contribution in [0, 0.1) is 0 Å². The lowest BCUT2D eigenvalue weighted by atomic mass is 10.0. The van der Waals surface area contributed by atoms with E-state index in [0.29, 0.717) is 6.54 Å². The molecule has 0 aromatic heterocycles. The maximum absolute atomic E-state index is 13.2. The average molecular weight is 417 g/mol. The van der Waals surface area contributed by atoms with Crippen molar-refractivity contribution in [1.82, 2.24) is 14.7 Å². The molecule has 6 heteroatoms. The van der Waals surface area contributed by atoms with Gasteiger partial charge in [-0.1, -0.05) is 36.8 Å². The summed E-state index contributed by atoms with van der Waals surface area (Å²) in [5.41, 5.74) is 6.37. The number of likely N-dealkylation sites (tertiary alicyclic amines) is 1. The van der Waals surface area contributed by atoms with Crippen molar-refractivity contribution in [3.8, 4) is 0 Å². The Kier molecular flexibility index (Phi) is 8.14. The maximum atomic E-state index is 13.2. The summed E-state index contributed by atoms with van der Waals surface area (Å²) in [5, 5.41) is 0. The van der Waals surface area contributed by atoms with Crippen LogP contribution in [0.3, 0.4) is 0 Å². The first kappa shape index (κ1) is 23.0. The van der Waals surface area contributed by atoms with Gasteiger partial charge in [0.2, 0.25) is 0 Å². The second-order valence-corrected chi connectivity index (χ2v) is 9.63. The van der Waals surface area contributed by atoms with Crippen molar-refractivity contribution in [2.75, 3.05) is 39.3 Å². The fourth-order valence-electron chi connectivity index (χ4n) is 4.61. The minimum atomic E-state index is -0.499. The number of amides is 1. The summed E-state index contributed by atoms with van der Waals surface area (Å²) in [5.74, 6) is 0. The molecule has 2 heterocycles. The molecule has 168 valence electrons. The van der Waals surface area contributed by atoms with E-state index in [0.717, 1.165) is 52.0 Å². The highest BCUT2D eigenvalue weighted by Gasteiger charge is 2.41. The molecule has 1 amide bonds. The molecule has 2 fully saturated rings. The molecule has 0 radical (unpaired) electrons. The highest BCUT2D eigenvalue weighted by molar-refractivity contribution is 5.69. The van der Waals surface area contributed by atoms with Crippen LogP contribution >= 0.6 is 0 Å². The van der Waals surface area contributed by atoms with Gasteiger partial charge in [0, 0.05) is 6.54 Å². The van der Waals surface area contributed by atoms with E-state index >= 15 is 0 Å². The minimum Gasteiger partial charge on any atom is -0.444 e. The van der Waals surface area contributed by atoms with Crippen molar-refractivity contribution in [2.24, 2.45) is 5.73 Å². The molecule has 2 N–H and O–H groups in total. The topological polar surface area (TPSA) is 62.0 Å². The van der Waals surface area contributed by atoms with E-state index in [2.05, 4.69) is 34.1 Å². The van der Waals surface area contributed by atoms with Gasteiger partial charge in [0.15, 0.2) is 0 Å². The van der Waals surface area contributed by atoms with Crippen molar-refractivity contribution < 1.29 is 9.53 Å². The van der Waals surface area contributed by atoms with Gasteiger partial charge in [-0.15, -0.1) is 0 Å². The van der Waals surface area contributed by atoms with Crippen molar-refractivity contribution in [3.05, 3.63) is 35.9 Å². The number of hydrogen-bond acceptors (Lipinski definition) is 5. The Morgan fingerprint density at radius 1 is 1.07 bits per heavy atom. The van der Waals surface area contributed by atoms with Crippen LogP contribution < -0.4 is 5.73 Å². The molecular weight excluding hydrogens is 376 g/mol. The predicted molar refractivity (Wildman–Crippen MR) is 121 cm³/mol. The number of carbonyl (C=O) groups excluding carboxylic acids is 1. The van der Waals surface area contributed by atoms with E-state index in [1.54, 1.807) is 0 Å². The fourth-order valence-corrected chi connectivity index (χ4v) is 4.61. The first-order valence-corrected chi connectivity index (χ1v) is 11.6. The van der Waals surface area contributed by atoms with Gasteiger partial charge in [-0.05, 0) is 78.2 Å². The molecular formula is C24H40N4O2. The summed E-state index contributed by atoms with van der Waals surface area (Å²) >= 11 is 0. The van der Waals surface area contributed by atoms with Crippen molar-refractivity contribution >= 4 is 6.09 Å². The number of hydrogen-bond donors (Lipinski definition) is 1. The second-order valence-electron chi connectivity index (χ2n) is 9.63. The van der Waals surface area contributed by atoms with E-state index in [1.165, 1.54) is 18.4 Å². The highest BCUT2D eigenvalue weighted by atomic mass is 16.6. The van der Waals surface area contributed by atoms with Crippen LogP contribution in [-0.4, -0.2) is 71.8 Å². The lowest BCUT2D eigenvalue weighted by Gasteiger charge is -2.49. The molecule has 1 aromatic carbocycles. The van der Waals surface area contributed by atoms with Crippen molar-refractivity contribution in [1.29, 1.82) is 0 Å². The predicted octanol–water partition coefficient (Wildman–Crippen LogP) is 3.83. The van der Waals surface area contributed by atoms with Crippen LogP contribution in [-0.2, 0) is 4.74 Å². The summed E-state index contributed by atoms with van der Waals surface area (Å²) in [6.45, 7) is 11.4. The summed E-state index contributed by atoms with van der Waals surface area (Å²) in [6, 6.07) is 10.4. The molecule has 2 unspecified atom stereocenters. The number of unbranched alkanes of at least 4 members (excludes halogenated alkanes) is 2. The van der Waals surface area contributed by atoms with Gasteiger partial charge < -0.3 is 10.5 Å². The Bertz CT molecular complexity index is 655. The van der Waals surface area contributed by atoms with E-state index in [4.69, 9.17) is 10.5 Å². The largest absolute Gasteiger partial charge is 0.444 e. The molecule has 6 nitrogen and oxygen atoms in total. The molecule has 0 bridgehead atoms. The van der Waals surface area contributed by atoms with Gasteiger partial charge >= 0.3 is 6.09 Å². The van der Waals surface area contributed by atoms with Gasteiger partial charge in [0.25, 0.3) is 0 Å². The van der Waals surface area contributed by atoms with E-state index in [9.17, 15) is 4.79 Å². The molecule has 2 aliphatic rings. The SMILES string of the molecule is CC(C)(C)OC(=O)N1CC(N2CCCC2)N(CCCCCN)CC1c1ccccc1. The van der Waals surface area contributed by atoms with Crippen LogP contribution in [0.15, 0.2) is 30.3 Å². The van der Waals surface area contributed by atoms with Gasteiger partial charge in [0.05, 0.1) is 18.8 Å². The number of ether oxygens (including phenoxy) is 1. The molecule has 0 spiro atoms. The first-order chi connectivity index (χ1) is 14.4. The summed E-state index contributed by atoms with van der Waals surface area (Å²) in [6.07, 6.45) is 5.93. The zero-order chi connectivity index (χ0) is 21.6. The van der Waals surface area contributed by atoms with Crippen molar-refractivity contribution in [2.45, 2.75) is 70.7 Å². The smallest absolute Gasteiger partial charge is 0.410 e. The summed E-state index contributed by atoms with van der Waals surface area (Å²) < 4.78 is 5.82. The summed E-state index contributed by atoms with van der Waals surface area (Å²) in [4.78, 5) is 20.3. The quantitative estimate of drug-likeness (QED) is 0.685. The Morgan fingerprint density at radius 3 is 2.40 bits per heavy atom. The normalized spacial score (nSPS) is 23.7. The lowest BCUT2D eigenvalue weighted by Crippen LogP contribution is -2.62. The molecule has 3 rings (SSSR count). The van der Waals surface area contributed by atoms with Crippen LogP contribution in [0.4, 0.5) is 4.79 Å². The number of carbonyl (C=O) groups is 1. The van der Waals surface area contributed by atoms with Crippen molar-refractivity contribution in [3.63, 3.8) is 0 Å². The molecule has 2 atom stereocenters. The van der Waals surface area contributed by atoms with Gasteiger partial charge in [-0.25, -0.2) is 4.79 Å². The Hall–Kier alpha value is -1.63. The number of nitrogens with zero attached hydrogens (tertiary/aromatic N) is 3. The third kappa shape index (κ3) is 6.19. The summed E-state index contributed by atoms with van der Waals surface area (Å²) in [7, 11) is 0. The second kappa shape index (κ2) is 10.6. The Labute approximate surface area is 182 Å². The molecule has 30 heavy (non-hydrogen) atoms. The van der Waals surface area contributed by atoms with Gasteiger partial charge in [-0.3, -0.25) is 14.7 Å². The molecule has 0 aliphatic carbocycles. The third-order valence-electron chi connectivity index (χ3n) is 6.09. The standard InChI is InChI=1S/C24H40N4O2/c1-24(2,3)30-23(29)28-19-22(26-15-10-11-16-26)27(17-9-5-8-14-25)18-21(28)20-12-6-4-7-13-20/h4,6-7,12-13,21-22H,5,8-11,14-19,25H2,1-3H3. The average Bonchev–Trinajstić information content (AvgIpc) is 3.25. The van der Waals surface area contributed by atoms with Crippen LogP contribution in [0.5, 0.6) is 0 Å².